The average Bonchev–Trinajstić information content (AvgIpc) is 3.57. The van der Waals surface area contributed by atoms with Crippen LogP contribution in [0.2, 0.25) is 0 Å². The van der Waals surface area contributed by atoms with Gasteiger partial charge in [0.15, 0.2) is 23.0 Å². The van der Waals surface area contributed by atoms with Crippen LogP contribution in [0.3, 0.4) is 0 Å². The number of phenolic OH excluding ortho intramolecular Hbond substituents is 2. The maximum Gasteiger partial charge on any atom is 0.250 e. The van der Waals surface area contributed by atoms with Crippen molar-refractivity contribution in [1.82, 2.24) is 10.2 Å². The molecule has 2 saturated heterocycles. The van der Waals surface area contributed by atoms with Gasteiger partial charge in [-0.15, -0.1) is 0 Å². The van der Waals surface area contributed by atoms with Crippen molar-refractivity contribution in [2.24, 2.45) is 11.8 Å². The van der Waals surface area contributed by atoms with Gasteiger partial charge in [-0.05, 0) is 66.3 Å². The number of hydrogen-bond donors (Lipinski definition) is 4. The molecule has 218 valence electrons. The van der Waals surface area contributed by atoms with Crippen molar-refractivity contribution in [3.05, 3.63) is 76.9 Å². The molecule has 0 saturated carbocycles. The van der Waals surface area contributed by atoms with Gasteiger partial charge >= 0.3 is 0 Å². The number of carbonyl (C=O) groups excluding carboxylic acids is 3. The van der Waals surface area contributed by atoms with E-state index in [1.165, 1.54) is 17.0 Å². The van der Waals surface area contributed by atoms with Crippen LogP contribution in [0.5, 0.6) is 23.0 Å². The summed E-state index contributed by atoms with van der Waals surface area (Å²) in [6.45, 7) is 2.16. The first-order chi connectivity index (χ1) is 20.2. The first-order valence-electron chi connectivity index (χ1n) is 14.0. The molecule has 3 aliphatic rings. The van der Waals surface area contributed by atoms with E-state index in [1.54, 1.807) is 26.4 Å². The first-order valence-corrected chi connectivity index (χ1v) is 14.0. The first kappa shape index (κ1) is 27.6. The van der Waals surface area contributed by atoms with E-state index < -0.39 is 23.4 Å². The number of anilines is 1. The fraction of sp³-hybridized carbons (Fsp3) is 0.344. The van der Waals surface area contributed by atoms with E-state index in [2.05, 4.69) is 10.6 Å². The van der Waals surface area contributed by atoms with Gasteiger partial charge in [-0.1, -0.05) is 31.2 Å². The standard InChI is InChI=1S/C32H33N3O7/c1-4-17-5-8-21-20(13-17)32(31(40)33-21)28-27(22(34-32)14-19-6-9-23(36)24(37)15-19)29(38)35(30(28)39)12-11-18-7-10-25(41-2)26(16-18)42-3/h5-10,13,15-16,22,27-28,34,36-37H,4,11-12,14H2,1-3H3,(H,33,40)/t22-,27-,28-,32-/m1/s1. The number of ether oxygens (including phenoxy) is 2. The van der Waals surface area contributed by atoms with E-state index in [1.807, 2.05) is 37.3 Å². The zero-order chi connectivity index (χ0) is 29.8. The van der Waals surface area contributed by atoms with Crippen molar-refractivity contribution in [1.29, 1.82) is 0 Å². The van der Waals surface area contributed by atoms with Gasteiger partial charge in [0.2, 0.25) is 17.7 Å². The zero-order valence-electron chi connectivity index (χ0n) is 23.6. The van der Waals surface area contributed by atoms with E-state index in [4.69, 9.17) is 9.47 Å². The van der Waals surface area contributed by atoms with Crippen molar-refractivity contribution in [2.75, 3.05) is 26.1 Å². The Morgan fingerprint density at radius 2 is 1.60 bits per heavy atom. The molecule has 0 radical (unpaired) electrons. The van der Waals surface area contributed by atoms with Gasteiger partial charge in [0.05, 0.1) is 26.1 Å². The second-order valence-corrected chi connectivity index (χ2v) is 11.0. The summed E-state index contributed by atoms with van der Waals surface area (Å²) >= 11 is 0. The fourth-order valence-electron chi connectivity index (χ4n) is 6.75. The number of rotatable bonds is 8. The molecule has 0 unspecified atom stereocenters. The third-order valence-corrected chi connectivity index (χ3v) is 8.85. The van der Waals surface area contributed by atoms with Crippen LogP contribution in [0.25, 0.3) is 0 Å². The minimum Gasteiger partial charge on any atom is -0.504 e. The molecular formula is C32H33N3O7. The molecule has 10 nitrogen and oxygen atoms in total. The monoisotopic (exact) mass is 571 g/mol. The molecule has 3 aromatic carbocycles. The van der Waals surface area contributed by atoms with Gasteiger partial charge in [-0.25, -0.2) is 0 Å². The maximum atomic E-state index is 14.2. The van der Waals surface area contributed by atoms with Crippen molar-refractivity contribution in [2.45, 2.75) is 37.8 Å². The lowest BCUT2D eigenvalue weighted by Crippen LogP contribution is -2.53. The Labute approximate surface area is 243 Å². The number of likely N-dealkylation sites (tertiary alicyclic amines) is 1. The SMILES string of the molecule is CCc1ccc2c(c1)[C@]1(N[C@H](Cc3ccc(O)c(O)c3)[C@H]3C(=O)N(CCc4ccc(OC)c(OC)c4)C(=O)[C@@H]31)C(=O)N2. The van der Waals surface area contributed by atoms with Crippen molar-refractivity contribution >= 4 is 23.4 Å². The summed E-state index contributed by atoms with van der Waals surface area (Å²) in [5.41, 5.74) is 2.40. The number of imide groups is 1. The van der Waals surface area contributed by atoms with E-state index in [9.17, 15) is 24.6 Å². The summed E-state index contributed by atoms with van der Waals surface area (Å²) in [6, 6.07) is 15.1. The van der Waals surface area contributed by atoms with Crippen LogP contribution in [0.4, 0.5) is 5.69 Å². The molecule has 1 spiro atoms. The minimum atomic E-state index is -1.42. The number of nitrogens with zero attached hydrogens (tertiary/aromatic N) is 1. The predicted octanol–water partition coefficient (Wildman–Crippen LogP) is 2.88. The highest BCUT2D eigenvalue weighted by molar-refractivity contribution is 6.15. The van der Waals surface area contributed by atoms with Gasteiger partial charge in [0.25, 0.3) is 0 Å². The molecule has 42 heavy (non-hydrogen) atoms. The Morgan fingerprint density at radius 1 is 0.857 bits per heavy atom. The highest BCUT2D eigenvalue weighted by atomic mass is 16.5. The van der Waals surface area contributed by atoms with Gasteiger partial charge in [-0.2, -0.15) is 0 Å². The molecule has 3 amide bonds. The number of nitrogens with one attached hydrogen (secondary N) is 2. The number of carbonyl (C=O) groups is 3. The third-order valence-electron chi connectivity index (χ3n) is 8.85. The number of methoxy groups -OCH3 is 2. The van der Waals surface area contributed by atoms with Crippen LogP contribution in [0.1, 0.15) is 29.2 Å². The summed E-state index contributed by atoms with van der Waals surface area (Å²) in [5.74, 6) is -2.24. The number of fused-ring (bicyclic) bond motifs is 4. The van der Waals surface area contributed by atoms with Gasteiger partial charge in [0.1, 0.15) is 5.54 Å². The Bertz CT molecular complexity index is 1600. The van der Waals surface area contributed by atoms with Crippen LogP contribution in [0, 0.1) is 11.8 Å². The molecular weight excluding hydrogens is 538 g/mol. The molecule has 10 heteroatoms. The Hall–Kier alpha value is -4.57. The lowest BCUT2D eigenvalue weighted by Gasteiger charge is -2.30. The molecule has 0 aromatic heterocycles. The van der Waals surface area contributed by atoms with Crippen LogP contribution in [-0.4, -0.2) is 59.6 Å². The fourth-order valence-corrected chi connectivity index (χ4v) is 6.75. The summed E-state index contributed by atoms with van der Waals surface area (Å²) in [5, 5.41) is 26.3. The largest absolute Gasteiger partial charge is 0.504 e. The van der Waals surface area contributed by atoms with E-state index in [0.29, 0.717) is 34.7 Å². The molecule has 4 atom stereocenters. The van der Waals surface area contributed by atoms with Crippen LogP contribution >= 0.6 is 0 Å². The zero-order valence-corrected chi connectivity index (χ0v) is 23.6. The quantitative estimate of drug-likeness (QED) is 0.239. The van der Waals surface area contributed by atoms with Gasteiger partial charge in [-0.3, -0.25) is 24.6 Å². The number of phenols is 2. The molecule has 3 heterocycles. The lowest BCUT2D eigenvalue weighted by molar-refractivity contribution is -0.142. The topological polar surface area (TPSA) is 137 Å². The van der Waals surface area contributed by atoms with Crippen molar-refractivity contribution in [3.63, 3.8) is 0 Å². The summed E-state index contributed by atoms with van der Waals surface area (Å²) in [7, 11) is 3.10. The van der Waals surface area contributed by atoms with E-state index >= 15 is 0 Å². The molecule has 0 bridgehead atoms. The van der Waals surface area contributed by atoms with Gasteiger partial charge in [0, 0.05) is 23.8 Å². The highest BCUT2D eigenvalue weighted by Crippen LogP contribution is 2.53. The highest BCUT2D eigenvalue weighted by Gasteiger charge is 2.70. The third kappa shape index (κ3) is 4.16. The molecule has 0 aliphatic carbocycles. The predicted molar refractivity (Wildman–Crippen MR) is 153 cm³/mol. The number of amides is 3. The second kappa shape index (κ2) is 10.4. The summed E-state index contributed by atoms with van der Waals surface area (Å²) < 4.78 is 10.7. The minimum absolute atomic E-state index is 0.145. The molecule has 4 N–H and O–H groups in total. The number of aryl methyl sites for hydroxylation is 1. The van der Waals surface area contributed by atoms with Crippen LogP contribution in [0.15, 0.2) is 54.6 Å². The Morgan fingerprint density at radius 3 is 2.31 bits per heavy atom. The normalized spacial score (nSPS) is 24.2. The summed E-state index contributed by atoms with van der Waals surface area (Å²) in [6.07, 6.45) is 1.40. The second-order valence-electron chi connectivity index (χ2n) is 11.0. The molecule has 6 rings (SSSR count). The smallest absolute Gasteiger partial charge is 0.250 e. The van der Waals surface area contributed by atoms with Gasteiger partial charge < -0.3 is 25.0 Å². The van der Waals surface area contributed by atoms with E-state index in [-0.39, 0.29) is 42.2 Å². The average molecular weight is 572 g/mol. The maximum absolute atomic E-state index is 14.2. The Balaban J connectivity index is 1.37. The molecule has 2 fully saturated rings. The van der Waals surface area contributed by atoms with Crippen molar-refractivity contribution in [3.8, 4) is 23.0 Å². The lowest BCUT2D eigenvalue weighted by atomic mass is 9.76. The Kier molecular flexibility index (Phi) is 6.81. The van der Waals surface area contributed by atoms with E-state index in [0.717, 1.165) is 17.5 Å². The van der Waals surface area contributed by atoms with Crippen LogP contribution < -0.4 is 20.1 Å². The number of benzene rings is 3. The molecule has 3 aliphatic heterocycles. The molecule has 3 aromatic rings. The number of aromatic hydroxyl groups is 2. The summed E-state index contributed by atoms with van der Waals surface area (Å²) in [4.78, 5) is 43.3. The van der Waals surface area contributed by atoms with Crippen molar-refractivity contribution < 1.29 is 34.1 Å². The van der Waals surface area contributed by atoms with Crippen LogP contribution in [-0.2, 0) is 39.2 Å². The number of hydrogen-bond acceptors (Lipinski definition) is 8.